The fourth-order valence-corrected chi connectivity index (χ4v) is 4.91. The molecule has 10 nitrogen and oxygen atoms in total. The smallest absolute Gasteiger partial charge is 0.255 e. The SMILES string of the molecule is Cc1ccc(NC(=O)c2ccc(CN3CCN(C)CC3)cc2)cc1Nc1nc(-c2nc(N)cc(N)n2)cs1. The first kappa shape index (κ1) is 25.6. The Balaban J connectivity index is 1.23. The third-order valence-electron chi connectivity index (χ3n) is 6.45. The summed E-state index contributed by atoms with van der Waals surface area (Å²) in [5, 5.41) is 8.82. The number of nitrogens with two attached hydrogens (primary N) is 2. The number of nitrogens with one attached hydrogen (secondary N) is 2. The van der Waals surface area contributed by atoms with Gasteiger partial charge in [-0.3, -0.25) is 9.69 Å². The van der Waals surface area contributed by atoms with Gasteiger partial charge in [0.15, 0.2) is 11.0 Å². The fourth-order valence-electron chi connectivity index (χ4n) is 4.21. The Bertz CT molecular complexity index is 1410. The number of amides is 1. The predicted octanol–water partition coefficient (Wildman–Crippen LogP) is 3.82. The summed E-state index contributed by atoms with van der Waals surface area (Å²) in [6.45, 7) is 7.19. The van der Waals surface area contributed by atoms with Crippen molar-refractivity contribution in [3.63, 3.8) is 0 Å². The Kier molecular flexibility index (Phi) is 7.50. The average molecular weight is 530 g/mol. The number of anilines is 5. The van der Waals surface area contributed by atoms with Crippen LogP contribution in [0.4, 0.5) is 28.1 Å². The number of carbonyl (C=O) groups is 1. The van der Waals surface area contributed by atoms with Crippen molar-refractivity contribution in [3.8, 4) is 11.5 Å². The van der Waals surface area contributed by atoms with Crippen LogP contribution >= 0.6 is 11.3 Å². The second-order valence-corrected chi connectivity index (χ2v) is 10.3. The first-order valence-electron chi connectivity index (χ1n) is 12.4. The van der Waals surface area contributed by atoms with Crippen molar-refractivity contribution in [2.45, 2.75) is 13.5 Å². The summed E-state index contributed by atoms with van der Waals surface area (Å²) >= 11 is 1.41. The molecule has 2 aromatic carbocycles. The van der Waals surface area contributed by atoms with E-state index >= 15 is 0 Å². The number of piperazine rings is 1. The zero-order valence-electron chi connectivity index (χ0n) is 21.4. The van der Waals surface area contributed by atoms with E-state index in [9.17, 15) is 4.79 Å². The Morgan fingerprint density at radius 1 is 0.974 bits per heavy atom. The number of thiazole rings is 1. The maximum atomic E-state index is 12.9. The number of nitrogen functional groups attached to an aromatic ring is 2. The van der Waals surface area contributed by atoms with Crippen molar-refractivity contribution in [1.29, 1.82) is 0 Å². The fraction of sp³-hybridized carbons (Fsp3) is 0.259. The largest absolute Gasteiger partial charge is 0.384 e. The Hall–Kier alpha value is -4.06. The van der Waals surface area contributed by atoms with Crippen LogP contribution in [-0.4, -0.2) is 63.9 Å². The van der Waals surface area contributed by atoms with Crippen molar-refractivity contribution >= 4 is 45.4 Å². The van der Waals surface area contributed by atoms with Crippen LogP contribution in [0.15, 0.2) is 53.9 Å². The lowest BCUT2D eigenvalue weighted by Crippen LogP contribution is -2.43. The van der Waals surface area contributed by atoms with Gasteiger partial charge in [0.05, 0.1) is 0 Å². The molecule has 2 aromatic heterocycles. The number of benzene rings is 2. The van der Waals surface area contributed by atoms with Crippen molar-refractivity contribution in [2.75, 3.05) is 55.3 Å². The molecule has 6 N–H and O–H groups in total. The number of aryl methyl sites for hydroxylation is 1. The van der Waals surface area contributed by atoms with Gasteiger partial charge in [-0.25, -0.2) is 15.0 Å². The number of likely N-dealkylation sites (N-methyl/N-ethyl adjacent to an activating group) is 1. The van der Waals surface area contributed by atoms with Gasteiger partial charge in [-0.2, -0.15) is 0 Å². The minimum absolute atomic E-state index is 0.154. The zero-order valence-corrected chi connectivity index (χ0v) is 22.3. The lowest BCUT2D eigenvalue weighted by molar-refractivity contribution is 0.102. The van der Waals surface area contributed by atoms with E-state index in [-0.39, 0.29) is 5.91 Å². The molecule has 196 valence electrons. The van der Waals surface area contributed by atoms with Gasteiger partial charge in [-0.15, -0.1) is 11.3 Å². The molecule has 38 heavy (non-hydrogen) atoms. The number of hydrogen-bond donors (Lipinski definition) is 4. The molecule has 0 unspecified atom stereocenters. The highest BCUT2D eigenvalue weighted by atomic mass is 32.1. The minimum atomic E-state index is -0.154. The van der Waals surface area contributed by atoms with Crippen LogP contribution in [0.1, 0.15) is 21.5 Å². The van der Waals surface area contributed by atoms with Gasteiger partial charge in [0.1, 0.15) is 17.3 Å². The van der Waals surface area contributed by atoms with Crippen LogP contribution in [0.5, 0.6) is 0 Å². The molecule has 4 aromatic rings. The van der Waals surface area contributed by atoms with E-state index in [0.29, 0.717) is 39.5 Å². The maximum Gasteiger partial charge on any atom is 0.255 e. The molecule has 0 bridgehead atoms. The molecule has 0 saturated carbocycles. The topological polar surface area (TPSA) is 138 Å². The number of carbonyl (C=O) groups excluding carboxylic acids is 1. The van der Waals surface area contributed by atoms with E-state index in [4.69, 9.17) is 11.5 Å². The summed E-state index contributed by atoms with van der Waals surface area (Å²) in [7, 11) is 2.15. The summed E-state index contributed by atoms with van der Waals surface area (Å²) in [5.41, 5.74) is 16.5. The molecule has 0 aliphatic carbocycles. The predicted molar refractivity (Wildman–Crippen MR) is 154 cm³/mol. The molecular weight excluding hydrogens is 498 g/mol. The molecule has 11 heteroatoms. The standard InChI is InChI=1S/C27H31N9OS/c1-17-3-8-20(13-21(17)31-27-32-22(16-38-27)25-33-23(28)14-24(29)34-25)30-26(37)19-6-4-18(5-7-19)15-36-11-9-35(2)10-12-36/h3-8,13-14,16H,9-12,15H2,1-2H3,(H,30,37)(H,31,32)(H4,28,29,33,34). The summed E-state index contributed by atoms with van der Waals surface area (Å²) in [6, 6.07) is 15.1. The van der Waals surface area contributed by atoms with Crippen LogP contribution in [0.3, 0.4) is 0 Å². The van der Waals surface area contributed by atoms with Gasteiger partial charge in [-0.05, 0) is 49.4 Å². The number of aromatic nitrogens is 3. The Morgan fingerprint density at radius 3 is 2.39 bits per heavy atom. The lowest BCUT2D eigenvalue weighted by atomic mass is 10.1. The molecule has 1 amide bonds. The molecule has 1 aliphatic rings. The second-order valence-electron chi connectivity index (χ2n) is 9.46. The highest BCUT2D eigenvalue weighted by Gasteiger charge is 2.15. The molecule has 0 radical (unpaired) electrons. The first-order chi connectivity index (χ1) is 18.3. The van der Waals surface area contributed by atoms with Crippen LogP contribution in [0.2, 0.25) is 0 Å². The van der Waals surface area contributed by atoms with E-state index in [1.54, 1.807) is 0 Å². The molecule has 1 aliphatic heterocycles. The third-order valence-corrected chi connectivity index (χ3v) is 7.21. The van der Waals surface area contributed by atoms with E-state index in [2.05, 4.69) is 42.4 Å². The molecular formula is C27H31N9OS. The zero-order chi connectivity index (χ0) is 26.6. The highest BCUT2D eigenvalue weighted by Crippen LogP contribution is 2.29. The summed E-state index contributed by atoms with van der Waals surface area (Å²) < 4.78 is 0. The Labute approximate surface area is 225 Å². The monoisotopic (exact) mass is 529 g/mol. The quantitative estimate of drug-likeness (QED) is 0.281. The molecule has 1 saturated heterocycles. The number of hydrogen-bond acceptors (Lipinski definition) is 10. The van der Waals surface area contributed by atoms with Crippen LogP contribution in [-0.2, 0) is 6.54 Å². The number of nitrogens with zero attached hydrogens (tertiary/aromatic N) is 5. The van der Waals surface area contributed by atoms with Crippen LogP contribution < -0.4 is 22.1 Å². The van der Waals surface area contributed by atoms with Crippen molar-refractivity contribution in [3.05, 3.63) is 70.6 Å². The Morgan fingerprint density at radius 2 is 1.68 bits per heavy atom. The van der Waals surface area contributed by atoms with E-state index < -0.39 is 0 Å². The summed E-state index contributed by atoms with van der Waals surface area (Å²) in [6.07, 6.45) is 0. The molecule has 3 heterocycles. The van der Waals surface area contributed by atoms with E-state index in [1.165, 1.54) is 23.0 Å². The molecule has 1 fully saturated rings. The van der Waals surface area contributed by atoms with E-state index in [0.717, 1.165) is 44.0 Å². The van der Waals surface area contributed by atoms with Crippen LogP contribution in [0.25, 0.3) is 11.5 Å². The van der Waals surface area contributed by atoms with Gasteiger partial charge in [0.25, 0.3) is 5.91 Å². The van der Waals surface area contributed by atoms with E-state index in [1.807, 2.05) is 54.8 Å². The van der Waals surface area contributed by atoms with Gasteiger partial charge < -0.3 is 27.0 Å². The van der Waals surface area contributed by atoms with Crippen molar-refractivity contribution in [1.82, 2.24) is 24.8 Å². The van der Waals surface area contributed by atoms with Gasteiger partial charge in [-0.1, -0.05) is 18.2 Å². The van der Waals surface area contributed by atoms with Crippen molar-refractivity contribution in [2.24, 2.45) is 0 Å². The van der Waals surface area contributed by atoms with Crippen molar-refractivity contribution < 1.29 is 4.79 Å². The summed E-state index contributed by atoms with van der Waals surface area (Å²) in [4.78, 5) is 30.7. The minimum Gasteiger partial charge on any atom is -0.384 e. The van der Waals surface area contributed by atoms with Gasteiger partial charge in [0, 0.05) is 61.1 Å². The first-order valence-corrected chi connectivity index (χ1v) is 13.2. The van der Waals surface area contributed by atoms with Gasteiger partial charge >= 0.3 is 0 Å². The van der Waals surface area contributed by atoms with Gasteiger partial charge in [0.2, 0.25) is 0 Å². The average Bonchev–Trinajstić information content (AvgIpc) is 3.36. The highest BCUT2D eigenvalue weighted by molar-refractivity contribution is 7.14. The molecule has 0 spiro atoms. The maximum absolute atomic E-state index is 12.9. The second kappa shape index (κ2) is 11.1. The molecule has 5 rings (SSSR count). The van der Waals surface area contributed by atoms with Crippen LogP contribution in [0, 0.1) is 6.92 Å². The third kappa shape index (κ3) is 6.25. The molecule has 0 atom stereocenters. The normalized spacial score (nSPS) is 14.4. The number of rotatable bonds is 7. The lowest BCUT2D eigenvalue weighted by Gasteiger charge is -2.32. The summed E-state index contributed by atoms with van der Waals surface area (Å²) in [5.74, 6) is 0.802.